The molecule has 1 aliphatic rings. The lowest BCUT2D eigenvalue weighted by Crippen LogP contribution is -2.37. The van der Waals surface area contributed by atoms with E-state index in [4.69, 9.17) is 10.6 Å². The fourth-order valence-corrected chi connectivity index (χ4v) is 3.03. The average Bonchev–Trinajstić information content (AvgIpc) is 2.80. The van der Waals surface area contributed by atoms with Crippen LogP contribution in [0.4, 0.5) is 17.6 Å². The predicted molar refractivity (Wildman–Crippen MR) is 123 cm³/mol. The van der Waals surface area contributed by atoms with Gasteiger partial charge in [-0.3, -0.25) is 4.99 Å². The van der Waals surface area contributed by atoms with Crippen LogP contribution in [0.15, 0.2) is 46.5 Å². The summed E-state index contributed by atoms with van der Waals surface area (Å²) in [5.74, 6) is 7.62. The first-order valence-electron chi connectivity index (χ1n) is 10.3. The molecule has 0 atom stereocenters. The summed E-state index contributed by atoms with van der Waals surface area (Å²) in [5.41, 5.74) is 1.92. The molecule has 0 aliphatic carbocycles. The molecule has 0 unspecified atom stereocenters. The molecule has 30 heavy (non-hydrogen) atoms. The van der Waals surface area contributed by atoms with Crippen molar-refractivity contribution in [2.45, 2.75) is 13.3 Å². The van der Waals surface area contributed by atoms with Crippen LogP contribution >= 0.6 is 0 Å². The van der Waals surface area contributed by atoms with Crippen molar-refractivity contribution in [3.8, 4) is 0 Å². The minimum atomic E-state index is 0.399. The van der Waals surface area contributed by atoms with Gasteiger partial charge < -0.3 is 26.1 Å². The van der Waals surface area contributed by atoms with Crippen LogP contribution in [0.25, 0.3) is 0 Å². The Morgan fingerprint density at radius 2 is 2.00 bits per heavy atom. The standard InChI is InChI=1S/C21H30N8O/c1-2-23-15-18(28-22)16-25-21-26-19(24-9-8-17-6-4-3-5-7-17)14-20(27-21)29-10-12-30-13-11-29/h3-7,14-15H,2,8-13,16,22H2,1H3,(H2,24,25,26,27)/b23-15?,28-18+. The van der Waals surface area contributed by atoms with Gasteiger partial charge in [0.15, 0.2) is 0 Å². The van der Waals surface area contributed by atoms with Gasteiger partial charge in [-0.1, -0.05) is 30.3 Å². The predicted octanol–water partition coefficient (Wildman–Crippen LogP) is 1.79. The Bertz CT molecular complexity index is 834. The molecule has 1 aromatic heterocycles. The highest BCUT2D eigenvalue weighted by atomic mass is 16.5. The number of nitrogens with zero attached hydrogens (tertiary/aromatic N) is 5. The zero-order chi connectivity index (χ0) is 21.0. The molecule has 0 saturated carbocycles. The summed E-state index contributed by atoms with van der Waals surface area (Å²) in [4.78, 5) is 15.7. The lowest BCUT2D eigenvalue weighted by Gasteiger charge is -2.28. The Labute approximate surface area is 177 Å². The maximum Gasteiger partial charge on any atom is 0.226 e. The molecule has 2 aromatic rings. The normalized spacial score (nSPS) is 14.8. The largest absolute Gasteiger partial charge is 0.378 e. The smallest absolute Gasteiger partial charge is 0.226 e. The first kappa shape index (κ1) is 21.5. The molecule has 0 radical (unpaired) electrons. The zero-order valence-electron chi connectivity index (χ0n) is 17.4. The fourth-order valence-electron chi connectivity index (χ4n) is 3.03. The number of morpholine rings is 1. The van der Waals surface area contributed by atoms with Crippen molar-refractivity contribution in [3.63, 3.8) is 0 Å². The molecule has 0 amide bonds. The van der Waals surface area contributed by atoms with Crippen LogP contribution in [0.1, 0.15) is 12.5 Å². The Hall–Kier alpha value is -3.20. The van der Waals surface area contributed by atoms with Gasteiger partial charge in [0.1, 0.15) is 11.6 Å². The van der Waals surface area contributed by atoms with E-state index < -0.39 is 0 Å². The molecule has 9 heteroatoms. The van der Waals surface area contributed by atoms with Crippen molar-refractivity contribution in [3.05, 3.63) is 42.0 Å². The second-order valence-corrected chi connectivity index (χ2v) is 6.80. The van der Waals surface area contributed by atoms with E-state index in [2.05, 4.69) is 59.9 Å². The third kappa shape index (κ3) is 6.70. The molecule has 4 N–H and O–H groups in total. The van der Waals surface area contributed by atoms with E-state index in [0.29, 0.717) is 38.0 Å². The van der Waals surface area contributed by atoms with Crippen molar-refractivity contribution in [2.75, 3.05) is 61.5 Å². The van der Waals surface area contributed by atoms with Crippen molar-refractivity contribution >= 4 is 29.5 Å². The van der Waals surface area contributed by atoms with E-state index in [1.165, 1.54) is 5.56 Å². The highest BCUT2D eigenvalue weighted by Gasteiger charge is 2.15. The average molecular weight is 411 g/mol. The number of hydrogen-bond donors (Lipinski definition) is 3. The van der Waals surface area contributed by atoms with Crippen LogP contribution in [0.3, 0.4) is 0 Å². The van der Waals surface area contributed by atoms with Gasteiger partial charge in [-0.15, -0.1) is 0 Å². The molecule has 9 nitrogen and oxygen atoms in total. The lowest BCUT2D eigenvalue weighted by molar-refractivity contribution is 0.122. The molecule has 2 heterocycles. The number of nitrogens with one attached hydrogen (secondary N) is 2. The molecule has 1 aliphatic heterocycles. The topological polar surface area (TPSA) is 113 Å². The van der Waals surface area contributed by atoms with E-state index in [-0.39, 0.29) is 0 Å². The summed E-state index contributed by atoms with van der Waals surface area (Å²) < 4.78 is 5.47. The van der Waals surface area contributed by atoms with Crippen LogP contribution < -0.4 is 21.4 Å². The van der Waals surface area contributed by atoms with Crippen molar-refractivity contribution in [1.29, 1.82) is 0 Å². The maximum absolute atomic E-state index is 5.47. The number of nitrogens with two attached hydrogens (primary N) is 1. The highest BCUT2D eigenvalue weighted by Crippen LogP contribution is 2.19. The summed E-state index contributed by atoms with van der Waals surface area (Å²) in [6, 6.07) is 12.4. The van der Waals surface area contributed by atoms with Crippen LogP contribution in [-0.4, -0.2) is 67.8 Å². The van der Waals surface area contributed by atoms with Gasteiger partial charge in [0, 0.05) is 38.5 Å². The Kier molecular flexibility index (Phi) is 8.40. The summed E-state index contributed by atoms with van der Waals surface area (Å²) in [6.07, 6.45) is 2.58. The van der Waals surface area contributed by atoms with Gasteiger partial charge >= 0.3 is 0 Å². The van der Waals surface area contributed by atoms with Crippen molar-refractivity contribution in [2.24, 2.45) is 15.9 Å². The number of aliphatic imine (C=N–C) groups is 1. The second-order valence-electron chi connectivity index (χ2n) is 6.80. The Balaban J connectivity index is 1.70. The molecular formula is C21H30N8O. The number of aromatic nitrogens is 2. The van der Waals surface area contributed by atoms with Gasteiger partial charge in [0.25, 0.3) is 0 Å². The summed E-state index contributed by atoms with van der Waals surface area (Å²) in [5, 5.41) is 10.4. The molecular weight excluding hydrogens is 380 g/mol. The van der Waals surface area contributed by atoms with E-state index in [9.17, 15) is 0 Å². The second kappa shape index (κ2) is 11.7. The molecule has 0 bridgehead atoms. The summed E-state index contributed by atoms with van der Waals surface area (Å²) >= 11 is 0. The van der Waals surface area contributed by atoms with Gasteiger partial charge in [-0.2, -0.15) is 15.1 Å². The quantitative estimate of drug-likeness (QED) is 0.311. The molecule has 1 aromatic carbocycles. The third-order valence-electron chi connectivity index (χ3n) is 4.63. The molecule has 160 valence electrons. The van der Waals surface area contributed by atoms with E-state index in [1.807, 2.05) is 19.1 Å². The van der Waals surface area contributed by atoms with Crippen molar-refractivity contribution < 1.29 is 4.74 Å². The molecule has 1 fully saturated rings. The van der Waals surface area contributed by atoms with Crippen LogP contribution in [-0.2, 0) is 11.2 Å². The summed E-state index contributed by atoms with van der Waals surface area (Å²) in [7, 11) is 0. The minimum Gasteiger partial charge on any atom is -0.378 e. The van der Waals surface area contributed by atoms with Crippen LogP contribution in [0, 0.1) is 0 Å². The first-order valence-corrected chi connectivity index (χ1v) is 10.3. The van der Waals surface area contributed by atoms with Crippen molar-refractivity contribution in [1.82, 2.24) is 9.97 Å². The van der Waals surface area contributed by atoms with E-state index >= 15 is 0 Å². The van der Waals surface area contributed by atoms with E-state index in [0.717, 1.165) is 37.7 Å². The van der Waals surface area contributed by atoms with Crippen LogP contribution in [0.2, 0.25) is 0 Å². The minimum absolute atomic E-state index is 0.399. The number of benzene rings is 1. The number of hydrazone groups is 1. The van der Waals surface area contributed by atoms with Crippen LogP contribution in [0.5, 0.6) is 0 Å². The SMILES string of the molecule is CCN=C/C(CNc1nc(NCCc2ccccc2)cc(N2CCOCC2)n1)=N\N. The van der Waals surface area contributed by atoms with Gasteiger partial charge in [0.05, 0.1) is 25.5 Å². The number of ether oxygens (including phenoxy) is 1. The number of hydrogen-bond acceptors (Lipinski definition) is 9. The summed E-state index contributed by atoms with van der Waals surface area (Å²) in [6.45, 7) is 6.81. The first-order chi connectivity index (χ1) is 14.8. The third-order valence-corrected chi connectivity index (χ3v) is 4.63. The molecule has 3 rings (SSSR count). The Morgan fingerprint density at radius 1 is 1.20 bits per heavy atom. The maximum atomic E-state index is 5.47. The van der Waals surface area contributed by atoms with Gasteiger partial charge in [0.2, 0.25) is 5.95 Å². The monoisotopic (exact) mass is 410 g/mol. The van der Waals surface area contributed by atoms with E-state index in [1.54, 1.807) is 6.21 Å². The number of rotatable bonds is 10. The molecule has 1 saturated heterocycles. The highest BCUT2D eigenvalue weighted by molar-refractivity contribution is 6.32. The zero-order valence-corrected chi connectivity index (χ0v) is 17.4. The lowest BCUT2D eigenvalue weighted by atomic mass is 10.1. The fraction of sp³-hybridized carbons (Fsp3) is 0.429. The molecule has 0 spiro atoms. The Morgan fingerprint density at radius 3 is 2.73 bits per heavy atom. The number of anilines is 3. The van der Waals surface area contributed by atoms with Gasteiger partial charge in [-0.25, -0.2) is 0 Å². The van der Waals surface area contributed by atoms with Gasteiger partial charge in [-0.05, 0) is 18.9 Å².